The summed E-state index contributed by atoms with van der Waals surface area (Å²) < 4.78 is 16.6. The van der Waals surface area contributed by atoms with Gasteiger partial charge in [-0.2, -0.15) is 0 Å². The van der Waals surface area contributed by atoms with Crippen molar-refractivity contribution in [2.75, 3.05) is 26.1 Å². The van der Waals surface area contributed by atoms with Crippen LogP contribution in [-0.2, 0) is 14.3 Å². The summed E-state index contributed by atoms with van der Waals surface area (Å²) >= 11 is 3.40. The van der Waals surface area contributed by atoms with E-state index in [4.69, 9.17) is 14.2 Å². The van der Waals surface area contributed by atoms with Crippen molar-refractivity contribution in [1.29, 1.82) is 0 Å². The number of anilines is 1. The number of hydrogen-bond acceptors (Lipinski definition) is 6. The molecule has 3 rings (SSSR count). The molecule has 0 unspecified atom stereocenters. The summed E-state index contributed by atoms with van der Waals surface area (Å²) in [4.78, 5) is 37.0. The van der Waals surface area contributed by atoms with Gasteiger partial charge < -0.3 is 30.2 Å². The van der Waals surface area contributed by atoms with Gasteiger partial charge in [-0.25, -0.2) is 9.59 Å². The summed E-state index contributed by atoms with van der Waals surface area (Å²) in [5.74, 6) is -0.159. The van der Waals surface area contributed by atoms with Gasteiger partial charge in [0, 0.05) is 15.7 Å². The third-order valence-corrected chi connectivity index (χ3v) is 5.19. The molecule has 168 valence electrons. The van der Waals surface area contributed by atoms with E-state index in [1.807, 2.05) is 0 Å². The molecule has 9 nitrogen and oxygen atoms in total. The van der Waals surface area contributed by atoms with Crippen LogP contribution in [0.25, 0.3) is 0 Å². The number of para-hydroxylation sites is 2. The Morgan fingerprint density at radius 2 is 1.88 bits per heavy atom. The maximum atomic E-state index is 12.5. The first-order valence-electron chi connectivity index (χ1n) is 9.55. The Labute approximate surface area is 193 Å². The van der Waals surface area contributed by atoms with Crippen molar-refractivity contribution < 1.29 is 28.6 Å². The molecule has 32 heavy (non-hydrogen) atoms. The summed E-state index contributed by atoms with van der Waals surface area (Å²) in [7, 11) is 2.77. The van der Waals surface area contributed by atoms with Crippen molar-refractivity contribution in [3.63, 3.8) is 0 Å². The molecule has 0 bridgehead atoms. The zero-order valence-corrected chi connectivity index (χ0v) is 19.2. The number of halogens is 1. The van der Waals surface area contributed by atoms with E-state index in [2.05, 4.69) is 31.9 Å². The zero-order valence-electron chi connectivity index (χ0n) is 17.7. The lowest BCUT2D eigenvalue weighted by molar-refractivity contribution is -0.136. The lowest BCUT2D eigenvalue weighted by Gasteiger charge is -2.29. The summed E-state index contributed by atoms with van der Waals surface area (Å²) in [5, 5.41) is 8.01. The number of amides is 3. The summed E-state index contributed by atoms with van der Waals surface area (Å²) in [5.41, 5.74) is 1.59. The van der Waals surface area contributed by atoms with Gasteiger partial charge in [0.15, 0.2) is 6.61 Å². The highest BCUT2D eigenvalue weighted by molar-refractivity contribution is 9.10. The molecule has 3 N–H and O–H groups in total. The molecule has 10 heteroatoms. The second kappa shape index (κ2) is 10.2. The Balaban J connectivity index is 1.85. The first kappa shape index (κ1) is 23.1. The summed E-state index contributed by atoms with van der Waals surface area (Å²) in [6, 6.07) is 10.8. The van der Waals surface area contributed by atoms with E-state index in [1.165, 1.54) is 14.2 Å². The second-order valence-electron chi connectivity index (χ2n) is 6.78. The van der Waals surface area contributed by atoms with Gasteiger partial charge in [-0.05, 0) is 37.3 Å². The fourth-order valence-electron chi connectivity index (χ4n) is 3.26. The highest BCUT2D eigenvalue weighted by Gasteiger charge is 2.34. The minimum atomic E-state index is -0.832. The molecular weight excluding hydrogens is 482 g/mol. The molecule has 1 aliphatic heterocycles. The monoisotopic (exact) mass is 503 g/mol. The topological polar surface area (TPSA) is 115 Å². The number of methoxy groups -OCH3 is 2. The normalized spacial score (nSPS) is 15.4. The molecule has 0 spiro atoms. The number of benzene rings is 2. The fourth-order valence-corrected chi connectivity index (χ4v) is 3.64. The van der Waals surface area contributed by atoms with Crippen LogP contribution in [0, 0.1) is 0 Å². The van der Waals surface area contributed by atoms with Gasteiger partial charge in [-0.3, -0.25) is 4.79 Å². The van der Waals surface area contributed by atoms with Crippen LogP contribution in [0.5, 0.6) is 11.5 Å². The quantitative estimate of drug-likeness (QED) is 0.499. The highest BCUT2D eigenvalue weighted by atomic mass is 79.9. The van der Waals surface area contributed by atoms with Crippen molar-refractivity contribution in [2.45, 2.75) is 13.0 Å². The lowest BCUT2D eigenvalue weighted by atomic mass is 9.95. The fraction of sp³-hybridized carbons (Fsp3) is 0.227. The minimum absolute atomic E-state index is 0.230. The van der Waals surface area contributed by atoms with Crippen LogP contribution in [0.2, 0.25) is 0 Å². The van der Waals surface area contributed by atoms with E-state index in [0.29, 0.717) is 32.9 Å². The summed E-state index contributed by atoms with van der Waals surface area (Å²) in [6.45, 7) is 1.30. The maximum Gasteiger partial charge on any atom is 0.337 e. The molecule has 1 heterocycles. The Bertz CT molecular complexity index is 1090. The molecule has 0 saturated carbocycles. The first-order chi connectivity index (χ1) is 15.3. The van der Waals surface area contributed by atoms with Crippen LogP contribution < -0.4 is 25.4 Å². The van der Waals surface area contributed by atoms with Crippen molar-refractivity contribution in [2.24, 2.45) is 0 Å². The molecule has 0 aromatic heterocycles. The molecule has 2 aromatic rings. The van der Waals surface area contributed by atoms with Crippen LogP contribution in [0.3, 0.4) is 0 Å². The zero-order chi connectivity index (χ0) is 23.3. The Morgan fingerprint density at radius 1 is 1.12 bits per heavy atom. The average molecular weight is 504 g/mol. The number of allylic oxidation sites excluding steroid dienone is 1. The number of urea groups is 1. The van der Waals surface area contributed by atoms with E-state index < -0.39 is 23.9 Å². The third-order valence-electron chi connectivity index (χ3n) is 4.70. The SMILES string of the molecule is COC(=O)C1=C(C)NC(=O)N[C@@H]1c1cc(Br)ccc1OCC(=O)Nc1ccccc1OC. The molecule has 0 saturated heterocycles. The van der Waals surface area contributed by atoms with Gasteiger partial charge in [-0.15, -0.1) is 0 Å². The number of carbonyl (C=O) groups excluding carboxylic acids is 3. The lowest BCUT2D eigenvalue weighted by Crippen LogP contribution is -2.45. The first-order valence-corrected chi connectivity index (χ1v) is 10.3. The number of esters is 1. The van der Waals surface area contributed by atoms with Crippen LogP contribution in [0.1, 0.15) is 18.5 Å². The van der Waals surface area contributed by atoms with E-state index in [-0.39, 0.29) is 12.2 Å². The van der Waals surface area contributed by atoms with E-state index >= 15 is 0 Å². The molecule has 0 fully saturated rings. The van der Waals surface area contributed by atoms with Crippen LogP contribution in [0.4, 0.5) is 10.5 Å². The number of ether oxygens (including phenoxy) is 3. The van der Waals surface area contributed by atoms with Gasteiger partial charge in [0.1, 0.15) is 11.5 Å². The number of nitrogens with one attached hydrogen (secondary N) is 3. The molecule has 2 aromatic carbocycles. The van der Waals surface area contributed by atoms with Gasteiger partial charge in [0.2, 0.25) is 0 Å². The van der Waals surface area contributed by atoms with Crippen molar-refractivity contribution >= 4 is 39.5 Å². The van der Waals surface area contributed by atoms with Gasteiger partial charge >= 0.3 is 12.0 Å². The van der Waals surface area contributed by atoms with Crippen molar-refractivity contribution in [3.05, 3.63) is 63.8 Å². The molecule has 0 aliphatic carbocycles. The van der Waals surface area contributed by atoms with Gasteiger partial charge in [0.25, 0.3) is 5.91 Å². The van der Waals surface area contributed by atoms with E-state index in [9.17, 15) is 14.4 Å². The Kier molecular flexibility index (Phi) is 7.37. The Morgan fingerprint density at radius 3 is 2.59 bits per heavy atom. The van der Waals surface area contributed by atoms with Crippen LogP contribution in [0.15, 0.2) is 58.2 Å². The third kappa shape index (κ3) is 5.20. The minimum Gasteiger partial charge on any atom is -0.495 e. The highest BCUT2D eigenvalue weighted by Crippen LogP contribution is 2.35. The van der Waals surface area contributed by atoms with Gasteiger partial charge in [-0.1, -0.05) is 28.1 Å². The predicted molar refractivity (Wildman–Crippen MR) is 120 cm³/mol. The average Bonchev–Trinajstić information content (AvgIpc) is 2.77. The van der Waals surface area contributed by atoms with E-state index in [0.717, 1.165) is 0 Å². The van der Waals surface area contributed by atoms with Crippen molar-refractivity contribution in [1.82, 2.24) is 10.6 Å². The number of hydrogen-bond donors (Lipinski definition) is 3. The maximum absolute atomic E-state index is 12.5. The van der Waals surface area contributed by atoms with Crippen LogP contribution in [-0.4, -0.2) is 38.7 Å². The predicted octanol–water partition coefficient (Wildman–Crippen LogP) is 3.28. The number of rotatable bonds is 7. The second-order valence-corrected chi connectivity index (χ2v) is 7.70. The number of carbonyl (C=O) groups is 3. The molecule has 1 aliphatic rings. The largest absolute Gasteiger partial charge is 0.495 e. The Hall–Kier alpha value is -3.53. The van der Waals surface area contributed by atoms with Gasteiger partial charge in [0.05, 0.1) is 31.5 Å². The smallest absolute Gasteiger partial charge is 0.337 e. The molecule has 1 atom stereocenters. The molecule has 3 amide bonds. The molecule has 0 radical (unpaired) electrons. The van der Waals surface area contributed by atoms with Crippen molar-refractivity contribution in [3.8, 4) is 11.5 Å². The van der Waals surface area contributed by atoms with Crippen LogP contribution >= 0.6 is 15.9 Å². The van der Waals surface area contributed by atoms with E-state index in [1.54, 1.807) is 49.4 Å². The standard InChI is InChI=1S/C22H22BrN3O6/c1-12-19(21(28)31-3)20(26-22(29)24-12)14-10-13(23)8-9-16(14)32-11-18(27)25-15-6-4-5-7-17(15)30-2/h4-10,20H,11H2,1-3H3,(H,25,27)(H2,24,26,29)/t20-/m1/s1. The molecular formula is C22H22BrN3O6. The summed E-state index contributed by atoms with van der Waals surface area (Å²) in [6.07, 6.45) is 0.